The summed E-state index contributed by atoms with van der Waals surface area (Å²) in [4.78, 5) is 2.23. The quantitative estimate of drug-likeness (QED) is 0.929. The van der Waals surface area contributed by atoms with Crippen LogP contribution in [0.15, 0.2) is 24.3 Å². The Morgan fingerprint density at radius 1 is 1.24 bits per heavy atom. The van der Waals surface area contributed by atoms with E-state index in [9.17, 15) is 13.2 Å². The molecule has 0 bridgehead atoms. The third kappa shape index (κ3) is 3.68. The Bertz CT molecular complexity index is 492. The zero-order valence-corrected chi connectivity index (χ0v) is 11.7. The number of rotatable bonds is 3. The number of benzene rings is 1. The highest BCUT2D eigenvalue weighted by Gasteiger charge is 2.34. The second kappa shape index (κ2) is 5.85. The summed E-state index contributed by atoms with van der Waals surface area (Å²) in [5, 5.41) is 3.49. The van der Waals surface area contributed by atoms with Crippen molar-refractivity contribution in [2.45, 2.75) is 31.8 Å². The standard InChI is InChI=1S/C15H19F3N2O/c16-15(17,18)21-14-4-2-1-3-12(14)10-20-8-6-13-11(9-20)5-7-19-13/h1-4,11,13,19H,5-10H2. The molecule has 3 nitrogen and oxygen atoms in total. The zero-order chi connectivity index (χ0) is 14.9. The van der Waals surface area contributed by atoms with Crippen LogP contribution < -0.4 is 10.1 Å². The Labute approximate surface area is 122 Å². The van der Waals surface area contributed by atoms with Gasteiger partial charge in [0, 0.05) is 24.7 Å². The fraction of sp³-hybridized carbons (Fsp3) is 0.600. The highest BCUT2D eigenvalue weighted by Crippen LogP contribution is 2.30. The first kappa shape index (κ1) is 14.7. The second-order valence-electron chi connectivity index (χ2n) is 5.79. The molecule has 0 aromatic heterocycles. The van der Waals surface area contributed by atoms with E-state index in [-0.39, 0.29) is 5.75 Å². The number of halogens is 3. The van der Waals surface area contributed by atoms with Gasteiger partial charge in [0.25, 0.3) is 0 Å². The van der Waals surface area contributed by atoms with Gasteiger partial charge in [0.1, 0.15) is 5.75 Å². The Balaban J connectivity index is 1.67. The first-order valence-electron chi connectivity index (χ1n) is 7.31. The van der Waals surface area contributed by atoms with E-state index in [0.717, 1.165) is 32.5 Å². The number of likely N-dealkylation sites (tertiary alicyclic amines) is 1. The van der Waals surface area contributed by atoms with E-state index in [1.807, 2.05) is 0 Å². The molecule has 21 heavy (non-hydrogen) atoms. The van der Waals surface area contributed by atoms with Crippen LogP contribution in [0, 0.1) is 5.92 Å². The summed E-state index contributed by atoms with van der Waals surface area (Å²) in [6.45, 7) is 3.42. The van der Waals surface area contributed by atoms with Crippen molar-refractivity contribution in [3.63, 3.8) is 0 Å². The summed E-state index contributed by atoms with van der Waals surface area (Å²) >= 11 is 0. The molecule has 0 saturated carbocycles. The molecule has 2 unspecified atom stereocenters. The molecule has 2 aliphatic rings. The predicted molar refractivity (Wildman–Crippen MR) is 72.9 cm³/mol. The van der Waals surface area contributed by atoms with Crippen LogP contribution >= 0.6 is 0 Å². The van der Waals surface area contributed by atoms with Crippen molar-refractivity contribution in [3.05, 3.63) is 29.8 Å². The molecule has 6 heteroatoms. The van der Waals surface area contributed by atoms with Gasteiger partial charge in [-0.15, -0.1) is 13.2 Å². The van der Waals surface area contributed by atoms with Crippen molar-refractivity contribution in [3.8, 4) is 5.75 Å². The average Bonchev–Trinajstić information content (AvgIpc) is 2.87. The van der Waals surface area contributed by atoms with Crippen LogP contribution in [-0.4, -0.2) is 36.9 Å². The number of hydrogen-bond donors (Lipinski definition) is 1. The maximum Gasteiger partial charge on any atom is 0.573 e. The lowest BCUT2D eigenvalue weighted by molar-refractivity contribution is -0.275. The van der Waals surface area contributed by atoms with E-state index >= 15 is 0 Å². The van der Waals surface area contributed by atoms with E-state index in [1.54, 1.807) is 18.2 Å². The minimum absolute atomic E-state index is 0.0864. The van der Waals surface area contributed by atoms with Crippen LogP contribution in [-0.2, 0) is 6.54 Å². The molecule has 1 N–H and O–H groups in total. The van der Waals surface area contributed by atoms with Gasteiger partial charge < -0.3 is 10.1 Å². The lowest BCUT2D eigenvalue weighted by atomic mass is 9.93. The summed E-state index contributed by atoms with van der Waals surface area (Å²) < 4.78 is 41.4. The van der Waals surface area contributed by atoms with Crippen molar-refractivity contribution in [1.29, 1.82) is 0 Å². The number of hydrogen-bond acceptors (Lipinski definition) is 3. The molecule has 0 amide bonds. The Kier molecular flexibility index (Phi) is 4.08. The highest BCUT2D eigenvalue weighted by molar-refractivity contribution is 5.33. The molecule has 2 aliphatic heterocycles. The van der Waals surface area contributed by atoms with Gasteiger partial charge in [0.15, 0.2) is 0 Å². The van der Waals surface area contributed by atoms with E-state index in [2.05, 4.69) is 15.0 Å². The Morgan fingerprint density at radius 2 is 2.05 bits per heavy atom. The third-order valence-electron chi connectivity index (χ3n) is 4.33. The number of fused-ring (bicyclic) bond motifs is 1. The molecule has 2 atom stereocenters. The molecule has 0 radical (unpaired) electrons. The minimum Gasteiger partial charge on any atom is -0.405 e. The van der Waals surface area contributed by atoms with Crippen molar-refractivity contribution in [2.75, 3.05) is 19.6 Å². The molecule has 2 saturated heterocycles. The summed E-state index contributed by atoms with van der Waals surface area (Å²) in [6, 6.07) is 7.00. The van der Waals surface area contributed by atoms with Crippen molar-refractivity contribution >= 4 is 0 Å². The molecular formula is C15H19F3N2O. The number of para-hydroxylation sites is 1. The van der Waals surface area contributed by atoms with Crippen LogP contribution in [0.2, 0.25) is 0 Å². The van der Waals surface area contributed by atoms with Gasteiger partial charge in [-0.25, -0.2) is 0 Å². The average molecular weight is 300 g/mol. The van der Waals surface area contributed by atoms with Gasteiger partial charge in [-0.3, -0.25) is 4.90 Å². The van der Waals surface area contributed by atoms with E-state index < -0.39 is 6.36 Å². The van der Waals surface area contributed by atoms with Crippen molar-refractivity contribution in [1.82, 2.24) is 10.2 Å². The van der Waals surface area contributed by atoms with Crippen LogP contribution in [0.25, 0.3) is 0 Å². The molecule has 3 rings (SSSR count). The third-order valence-corrected chi connectivity index (χ3v) is 4.33. The number of nitrogens with one attached hydrogen (secondary N) is 1. The maximum atomic E-state index is 12.4. The predicted octanol–water partition coefficient (Wildman–Crippen LogP) is 2.77. The highest BCUT2D eigenvalue weighted by atomic mass is 19.4. The van der Waals surface area contributed by atoms with E-state index in [1.165, 1.54) is 6.07 Å². The zero-order valence-electron chi connectivity index (χ0n) is 11.7. The van der Waals surface area contributed by atoms with Crippen LogP contribution in [0.1, 0.15) is 18.4 Å². The monoisotopic (exact) mass is 300 g/mol. The fourth-order valence-electron chi connectivity index (χ4n) is 3.37. The van der Waals surface area contributed by atoms with Crippen molar-refractivity contribution in [2.24, 2.45) is 5.92 Å². The van der Waals surface area contributed by atoms with Crippen LogP contribution in [0.3, 0.4) is 0 Å². The fourth-order valence-corrected chi connectivity index (χ4v) is 3.37. The summed E-state index contributed by atoms with van der Waals surface area (Å²) in [5.41, 5.74) is 0.597. The maximum absolute atomic E-state index is 12.4. The smallest absolute Gasteiger partial charge is 0.405 e. The molecule has 2 heterocycles. The van der Waals surface area contributed by atoms with E-state index in [4.69, 9.17) is 0 Å². The molecule has 2 fully saturated rings. The SMILES string of the molecule is FC(F)(F)Oc1ccccc1CN1CCC2NCCC2C1. The molecule has 1 aromatic rings. The second-order valence-corrected chi connectivity index (χ2v) is 5.79. The lowest BCUT2D eigenvalue weighted by Gasteiger charge is -2.35. The van der Waals surface area contributed by atoms with Crippen molar-refractivity contribution < 1.29 is 17.9 Å². The first-order valence-corrected chi connectivity index (χ1v) is 7.31. The topological polar surface area (TPSA) is 24.5 Å². The summed E-state index contributed by atoms with van der Waals surface area (Å²) in [6.07, 6.45) is -2.42. The Hall–Kier alpha value is -1.27. The van der Waals surface area contributed by atoms with Gasteiger partial charge in [0.05, 0.1) is 0 Å². The normalized spacial score (nSPS) is 26.6. The van der Waals surface area contributed by atoms with Gasteiger partial charge >= 0.3 is 6.36 Å². The Morgan fingerprint density at radius 3 is 2.86 bits per heavy atom. The van der Waals surface area contributed by atoms with Crippen LogP contribution in [0.4, 0.5) is 13.2 Å². The molecule has 1 aromatic carbocycles. The molecule has 0 aliphatic carbocycles. The number of nitrogens with zero attached hydrogens (tertiary/aromatic N) is 1. The first-order chi connectivity index (χ1) is 10.0. The molecule has 116 valence electrons. The minimum atomic E-state index is -4.64. The largest absolute Gasteiger partial charge is 0.573 e. The van der Waals surface area contributed by atoms with Crippen LogP contribution in [0.5, 0.6) is 5.75 Å². The van der Waals surface area contributed by atoms with E-state index in [0.29, 0.717) is 24.1 Å². The lowest BCUT2D eigenvalue weighted by Crippen LogP contribution is -2.44. The molecular weight excluding hydrogens is 281 g/mol. The number of ether oxygens (including phenoxy) is 1. The van der Waals surface area contributed by atoms with Gasteiger partial charge in [0.2, 0.25) is 0 Å². The van der Waals surface area contributed by atoms with Gasteiger partial charge in [-0.1, -0.05) is 18.2 Å². The van der Waals surface area contributed by atoms with Gasteiger partial charge in [-0.05, 0) is 37.9 Å². The molecule has 0 spiro atoms. The van der Waals surface area contributed by atoms with Gasteiger partial charge in [-0.2, -0.15) is 0 Å². The summed E-state index contributed by atoms with van der Waals surface area (Å²) in [5.74, 6) is 0.533. The number of alkyl halides is 3. The summed E-state index contributed by atoms with van der Waals surface area (Å²) in [7, 11) is 0. The number of piperidine rings is 1.